The number of anilines is 1. The van der Waals surface area contributed by atoms with Crippen LogP contribution in [0.25, 0.3) is 0 Å². The molecule has 0 atom stereocenters. The number of rotatable bonds is 4. The number of piperidine rings is 1. The molecule has 1 aromatic carbocycles. The molecule has 0 bridgehead atoms. The lowest BCUT2D eigenvalue weighted by Crippen LogP contribution is -2.47. The third kappa shape index (κ3) is 3.87. The number of hydrogen-bond acceptors (Lipinski definition) is 3. The molecule has 0 aromatic heterocycles. The van der Waals surface area contributed by atoms with Gasteiger partial charge in [-0.05, 0) is 68.8 Å². The third-order valence-electron chi connectivity index (χ3n) is 5.11. The fourth-order valence-electron chi connectivity index (χ4n) is 3.77. The van der Waals surface area contributed by atoms with Gasteiger partial charge in [0, 0.05) is 12.8 Å². The van der Waals surface area contributed by atoms with E-state index < -0.39 is 5.41 Å². The first-order valence-corrected chi connectivity index (χ1v) is 8.37. The molecule has 5 heteroatoms. The number of nitrogens with one attached hydrogen (secondary N) is 2. The molecule has 0 unspecified atom stereocenters. The Morgan fingerprint density at radius 1 is 1.26 bits per heavy atom. The first kappa shape index (κ1) is 18.2. The van der Waals surface area contributed by atoms with E-state index in [4.69, 9.17) is 4.74 Å². The van der Waals surface area contributed by atoms with Crippen molar-refractivity contribution in [2.75, 3.05) is 32.1 Å². The highest BCUT2D eigenvalue weighted by Crippen LogP contribution is 2.33. The lowest BCUT2D eigenvalue weighted by atomic mass is 9.78. The maximum Gasteiger partial charge on any atom is 0.233 e. The Morgan fingerprint density at radius 3 is 2.74 bits per heavy atom. The van der Waals surface area contributed by atoms with E-state index in [1.165, 1.54) is 24.0 Å². The minimum Gasteiger partial charge on any atom is -0.384 e. The van der Waals surface area contributed by atoms with Crippen LogP contribution in [0.2, 0.25) is 0 Å². The molecule has 1 fully saturated rings. The summed E-state index contributed by atoms with van der Waals surface area (Å²) < 4.78 is 5.37. The molecule has 1 amide bonds. The average Bonchev–Trinajstić information content (AvgIpc) is 2.56. The van der Waals surface area contributed by atoms with E-state index in [9.17, 15) is 4.79 Å². The van der Waals surface area contributed by atoms with Crippen molar-refractivity contribution in [2.24, 2.45) is 5.41 Å². The van der Waals surface area contributed by atoms with Gasteiger partial charge in [-0.25, -0.2) is 0 Å². The second kappa shape index (κ2) is 8.13. The average molecular weight is 339 g/mol. The van der Waals surface area contributed by atoms with Gasteiger partial charge < -0.3 is 15.4 Å². The number of benzene rings is 1. The number of methoxy groups -OCH3 is 1. The number of hydrogen-bond donors (Lipinski definition) is 2. The van der Waals surface area contributed by atoms with Crippen LogP contribution in [0.15, 0.2) is 18.2 Å². The first-order chi connectivity index (χ1) is 10.7. The molecule has 4 nitrogen and oxygen atoms in total. The van der Waals surface area contributed by atoms with Crippen molar-refractivity contribution in [2.45, 2.75) is 38.5 Å². The van der Waals surface area contributed by atoms with Crippen LogP contribution in [0, 0.1) is 5.41 Å². The number of fused-ring (bicyclic) bond motifs is 1. The zero-order valence-corrected chi connectivity index (χ0v) is 14.6. The van der Waals surface area contributed by atoms with Crippen LogP contribution < -0.4 is 10.6 Å². The lowest BCUT2D eigenvalue weighted by molar-refractivity contribution is -0.130. The molecule has 2 N–H and O–H groups in total. The Hall–Kier alpha value is -1.10. The smallest absolute Gasteiger partial charge is 0.233 e. The molecular weight excluding hydrogens is 312 g/mol. The van der Waals surface area contributed by atoms with E-state index in [1.54, 1.807) is 7.11 Å². The highest BCUT2D eigenvalue weighted by atomic mass is 35.5. The third-order valence-corrected chi connectivity index (χ3v) is 5.11. The predicted octanol–water partition coefficient (Wildman–Crippen LogP) is 2.94. The van der Waals surface area contributed by atoms with Gasteiger partial charge in [0.1, 0.15) is 0 Å². The summed E-state index contributed by atoms with van der Waals surface area (Å²) in [4.78, 5) is 12.9. The molecule has 0 radical (unpaired) electrons. The molecule has 128 valence electrons. The monoisotopic (exact) mass is 338 g/mol. The van der Waals surface area contributed by atoms with E-state index in [0.29, 0.717) is 6.61 Å². The summed E-state index contributed by atoms with van der Waals surface area (Å²) in [6.45, 7) is 2.25. The van der Waals surface area contributed by atoms with Gasteiger partial charge in [-0.1, -0.05) is 12.1 Å². The second-order valence-electron chi connectivity index (χ2n) is 6.57. The Balaban J connectivity index is 0.00000192. The number of amides is 1. The van der Waals surface area contributed by atoms with Crippen molar-refractivity contribution in [1.82, 2.24) is 5.32 Å². The van der Waals surface area contributed by atoms with E-state index in [2.05, 4.69) is 22.8 Å². The van der Waals surface area contributed by atoms with Gasteiger partial charge >= 0.3 is 0 Å². The maximum absolute atomic E-state index is 12.9. The molecule has 2 aliphatic rings. The fraction of sp³-hybridized carbons (Fsp3) is 0.611. The van der Waals surface area contributed by atoms with Crippen LogP contribution >= 0.6 is 12.4 Å². The van der Waals surface area contributed by atoms with Crippen molar-refractivity contribution in [3.63, 3.8) is 0 Å². The molecule has 0 spiro atoms. The van der Waals surface area contributed by atoms with Crippen LogP contribution in [-0.2, 0) is 22.4 Å². The summed E-state index contributed by atoms with van der Waals surface area (Å²) in [5.41, 5.74) is 3.35. The number of aryl methyl sites for hydroxylation is 1. The Bertz CT molecular complexity index is 536. The zero-order valence-electron chi connectivity index (χ0n) is 13.8. The van der Waals surface area contributed by atoms with Crippen molar-refractivity contribution >= 4 is 24.0 Å². The quantitative estimate of drug-likeness (QED) is 0.887. The molecule has 1 saturated heterocycles. The summed E-state index contributed by atoms with van der Waals surface area (Å²) >= 11 is 0. The van der Waals surface area contributed by atoms with Crippen LogP contribution in [-0.4, -0.2) is 32.7 Å². The first-order valence-electron chi connectivity index (χ1n) is 8.37. The van der Waals surface area contributed by atoms with Crippen LogP contribution in [0.1, 0.15) is 36.8 Å². The summed E-state index contributed by atoms with van der Waals surface area (Å²) in [5.74, 6) is 0.120. The number of carbonyl (C=O) groups is 1. The van der Waals surface area contributed by atoms with Gasteiger partial charge in [-0.15, -0.1) is 12.4 Å². The van der Waals surface area contributed by atoms with Crippen molar-refractivity contribution in [3.8, 4) is 0 Å². The second-order valence-corrected chi connectivity index (χ2v) is 6.57. The van der Waals surface area contributed by atoms with Gasteiger partial charge in [0.2, 0.25) is 5.91 Å². The SMILES string of the molecule is COCC1(C(=O)Nc2cccc3c2CCCC3)CCNCC1.Cl. The zero-order chi connectivity index (χ0) is 15.4. The minimum absolute atomic E-state index is 0. The summed E-state index contributed by atoms with van der Waals surface area (Å²) in [5, 5.41) is 6.55. The van der Waals surface area contributed by atoms with Crippen molar-refractivity contribution in [1.29, 1.82) is 0 Å². The Morgan fingerprint density at radius 2 is 2.00 bits per heavy atom. The Kier molecular flexibility index (Phi) is 6.45. The molecule has 23 heavy (non-hydrogen) atoms. The molecular formula is C18H27ClN2O2. The number of carbonyl (C=O) groups excluding carboxylic acids is 1. The Labute approximate surface area is 144 Å². The van der Waals surface area contributed by atoms with Crippen LogP contribution in [0.3, 0.4) is 0 Å². The fourth-order valence-corrected chi connectivity index (χ4v) is 3.77. The van der Waals surface area contributed by atoms with E-state index in [-0.39, 0.29) is 18.3 Å². The van der Waals surface area contributed by atoms with Gasteiger partial charge in [-0.3, -0.25) is 4.79 Å². The molecule has 1 aliphatic carbocycles. The number of halogens is 1. The highest BCUT2D eigenvalue weighted by molar-refractivity contribution is 5.96. The van der Waals surface area contributed by atoms with E-state index >= 15 is 0 Å². The van der Waals surface area contributed by atoms with Crippen LogP contribution in [0.5, 0.6) is 0 Å². The highest BCUT2D eigenvalue weighted by Gasteiger charge is 2.39. The molecule has 1 heterocycles. The van der Waals surface area contributed by atoms with Gasteiger partial charge in [0.05, 0.1) is 12.0 Å². The summed E-state index contributed by atoms with van der Waals surface area (Å²) in [7, 11) is 1.68. The van der Waals surface area contributed by atoms with E-state index in [1.807, 2.05) is 6.07 Å². The lowest BCUT2D eigenvalue weighted by Gasteiger charge is -2.36. The van der Waals surface area contributed by atoms with E-state index in [0.717, 1.165) is 44.5 Å². The van der Waals surface area contributed by atoms with Crippen molar-refractivity contribution in [3.05, 3.63) is 29.3 Å². The molecule has 1 aromatic rings. The van der Waals surface area contributed by atoms with Gasteiger partial charge in [-0.2, -0.15) is 0 Å². The van der Waals surface area contributed by atoms with Gasteiger partial charge in [0.25, 0.3) is 0 Å². The predicted molar refractivity (Wildman–Crippen MR) is 95.4 cm³/mol. The van der Waals surface area contributed by atoms with Gasteiger partial charge in [0.15, 0.2) is 0 Å². The molecule has 3 rings (SSSR count). The summed E-state index contributed by atoms with van der Waals surface area (Å²) in [6, 6.07) is 6.30. The topological polar surface area (TPSA) is 50.4 Å². The molecule has 1 aliphatic heterocycles. The minimum atomic E-state index is -0.391. The number of ether oxygens (including phenoxy) is 1. The maximum atomic E-state index is 12.9. The van der Waals surface area contributed by atoms with Crippen LogP contribution in [0.4, 0.5) is 5.69 Å². The standard InChI is InChI=1S/C18H26N2O2.ClH/c1-22-13-18(9-11-19-12-10-18)17(21)20-16-8-4-6-14-5-2-3-7-15(14)16;/h4,6,8,19H,2-3,5,7,9-13H2,1H3,(H,20,21);1H. The largest absolute Gasteiger partial charge is 0.384 e. The van der Waals surface area contributed by atoms with Crippen molar-refractivity contribution < 1.29 is 9.53 Å². The summed E-state index contributed by atoms with van der Waals surface area (Å²) in [6.07, 6.45) is 6.34. The normalized spacial score (nSPS) is 19.3. The molecule has 0 saturated carbocycles.